The van der Waals surface area contributed by atoms with E-state index >= 15 is 0 Å². The monoisotopic (exact) mass is 237 g/mol. The predicted octanol–water partition coefficient (Wildman–Crippen LogP) is 1.98. The van der Waals surface area contributed by atoms with Crippen molar-refractivity contribution in [3.63, 3.8) is 0 Å². The van der Waals surface area contributed by atoms with Crippen molar-refractivity contribution in [2.75, 3.05) is 13.2 Å². The molecule has 17 heavy (non-hydrogen) atoms. The molecule has 0 aromatic heterocycles. The Bertz CT molecular complexity index is 296. The Kier molecular flexibility index (Phi) is 4.39. The van der Waals surface area contributed by atoms with Crippen LogP contribution in [0.4, 0.5) is 0 Å². The van der Waals surface area contributed by atoms with E-state index in [1.54, 1.807) is 0 Å². The second kappa shape index (κ2) is 5.23. The molecular formula is C14H27N3. The summed E-state index contributed by atoms with van der Waals surface area (Å²) in [6, 6.07) is 0. The van der Waals surface area contributed by atoms with Crippen LogP contribution in [0.3, 0.4) is 0 Å². The molecule has 2 unspecified atom stereocenters. The molecule has 2 atom stereocenters. The van der Waals surface area contributed by atoms with Crippen molar-refractivity contribution >= 4 is 0 Å². The van der Waals surface area contributed by atoms with Gasteiger partial charge in [0.25, 0.3) is 0 Å². The van der Waals surface area contributed by atoms with Gasteiger partial charge in [-0.2, -0.15) is 0 Å². The zero-order valence-electron chi connectivity index (χ0n) is 11.5. The molecule has 1 aliphatic rings. The average molecular weight is 237 g/mol. The first-order chi connectivity index (χ1) is 7.84. The Morgan fingerprint density at radius 1 is 1.59 bits per heavy atom. The van der Waals surface area contributed by atoms with Gasteiger partial charge in [0, 0.05) is 30.4 Å². The third-order valence-corrected chi connectivity index (χ3v) is 3.60. The van der Waals surface area contributed by atoms with E-state index in [-0.39, 0.29) is 5.54 Å². The van der Waals surface area contributed by atoms with Crippen LogP contribution in [0.1, 0.15) is 33.6 Å². The summed E-state index contributed by atoms with van der Waals surface area (Å²) in [5.74, 6) is 0.561. The highest BCUT2D eigenvalue weighted by Crippen LogP contribution is 2.54. The third kappa shape index (κ3) is 3.86. The van der Waals surface area contributed by atoms with E-state index in [4.69, 9.17) is 5.73 Å². The molecule has 0 aliphatic heterocycles. The van der Waals surface area contributed by atoms with Gasteiger partial charge in [0.05, 0.1) is 0 Å². The molecule has 0 heterocycles. The van der Waals surface area contributed by atoms with Gasteiger partial charge in [-0.3, -0.25) is 0 Å². The highest BCUT2D eigenvalue weighted by atomic mass is 15.0. The molecule has 0 amide bonds. The van der Waals surface area contributed by atoms with E-state index in [9.17, 15) is 0 Å². The summed E-state index contributed by atoms with van der Waals surface area (Å²) in [6.45, 7) is 16.1. The lowest BCUT2D eigenvalue weighted by molar-refractivity contribution is 0.403. The van der Waals surface area contributed by atoms with Gasteiger partial charge in [0.15, 0.2) is 0 Å². The van der Waals surface area contributed by atoms with Gasteiger partial charge in [-0.1, -0.05) is 19.6 Å². The van der Waals surface area contributed by atoms with Gasteiger partial charge >= 0.3 is 0 Å². The molecule has 0 aromatic carbocycles. The molecule has 4 N–H and O–H groups in total. The number of hydrogen-bond acceptors (Lipinski definition) is 3. The van der Waals surface area contributed by atoms with Crippen molar-refractivity contribution in [3.05, 3.63) is 24.9 Å². The number of nitrogens with one attached hydrogen (secondary N) is 2. The summed E-state index contributed by atoms with van der Waals surface area (Å²) in [5.41, 5.74) is 6.99. The second-order valence-electron chi connectivity index (χ2n) is 6.07. The fourth-order valence-electron chi connectivity index (χ4n) is 2.44. The first kappa shape index (κ1) is 14.3. The highest BCUT2D eigenvalue weighted by Gasteiger charge is 2.51. The smallest absolute Gasteiger partial charge is 0.0428 e. The van der Waals surface area contributed by atoms with E-state index in [1.165, 1.54) is 6.42 Å². The average Bonchev–Trinajstić information content (AvgIpc) is 2.88. The normalized spacial score (nSPS) is 27.6. The lowest BCUT2D eigenvalue weighted by atomic mass is 9.98. The van der Waals surface area contributed by atoms with Gasteiger partial charge in [-0.05, 0) is 32.1 Å². The fourth-order valence-corrected chi connectivity index (χ4v) is 2.44. The van der Waals surface area contributed by atoms with Crippen molar-refractivity contribution in [2.24, 2.45) is 17.1 Å². The quantitative estimate of drug-likeness (QED) is 0.447. The Morgan fingerprint density at radius 2 is 2.24 bits per heavy atom. The molecule has 0 radical (unpaired) electrons. The van der Waals surface area contributed by atoms with Crippen LogP contribution in [0.2, 0.25) is 0 Å². The maximum Gasteiger partial charge on any atom is 0.0428 e. The van der Waals surface area contributed by atoms with Crippen LogP contribution >= 0.6 is 0 Å². The third-order valence-electron chi connectivity index (χ3n) is 3.60. The van der Waals surface area contributed by atoms with Crippen molar-refractivity contribution in [1.82, 2.24) is 10.6 Å². The van der Waals surface area contributed by atoms with Crippen molar-refractivity contribution in [3.8, 4) is 0 Å². The first-order valence-electron chi connectivity index (χ1n) is 6.33. The molecule has 1 rings (SSSR count). The van der Waals surface area contributed by atoms with Crippen molar-refractivity contribution in [2.45, 2.75) is 39.2 Å². The van der Waals surface area contributed by atoms with E-state index in [0.29, 0.717) is 18.0 Å². The van der Waals surface area contributed by atoms with Crippen LogP contribution < -0.4 is 16.4 Å². The van der Waals surface area contributed by atoms with Crippen LogP contribution in [0.25, 0.3) is 0 Å². The van der Waals surface area contributed by atoms with Crippen molar-refractivity contribution < 1.29 is 0 Å². The molecule has 0 spiro atoms. The molecule has 3 heteroatoms. The van der Waals surface area contributed by atoms with Crippen LogP contribution in [0.15, 0.2) is 24.9 Å². The number of rotatable bonds is 8. The van der Waals surface area contributed by atoms with E-state index in [2.05, 4.69) is 44.6 Å². The molecule has 98 valence electrons. The van der Waals surface area contributed by atoms with Gasteiger partial charge in [-0.25, -0.2) is 0 Å². The molecule has 1 fully saturated rings. The Hall–Kier alpha value is -0.800. The topological polar surface area (TPSA) is 50.1 Å². The lowest BCUT2D eigenvalue weighted by Gasteiger charge is -2.28. The molecule has 0 bridgehead atoms. The minimum absolute atomic E-state index is 0.0453. The summed E-state index contributed by atoms with van der Waals surface area (Å²) in [5, 5.41) is 6.74. The van der Waals surface area contributed by atoms with Crippen LogP contribution in [0.5, 0.6) is 0 Å². The Balaban J connectivity index is 2.43. The first-order valence-corrected chi connectivity index (χ1v) is 6.33. The summed E-state index contributed by atoms with van der Waals surface area (Å²) in [7, 11) is 0. The van der Waals surface area contributed by atoms with Crippen LogP contribution in [0, 0.1) is 11.3 Å². The predicted molar refractivity (Wildman–Crippen MR) is 74.4 cm³/mol. The highest BCUT2D eigenvalue weighted by molar-refractivity contribution is 5.18. The van der Waals surface area contributed by atoms with Crippen molar-refractivity contribution in [1.29, 1.82) is 0 Å². The fraction of sp³-hybridized carbons (Fsp3) is 0.714. The molecule has 1 saturated carbocycles. The minimum Gasteiger partial charge on any atom is -0.383 e. The van der Waals surface area contributed by atoms with Gasteiger partial charge < -0.3 is 16.4 Å². The zero-order valence-corrected chi connectivity index (χ0v) is 11.5. The maximum absolute atomic E-state index is 5.47. The summed E-state index contributed by atoms with van der Waals surface area (Å²) in [4.78, 5) is 0. The molecule has 3 nitrogen and oxygen atoms in total. The Morgan fingerprint density at radius 3 is 2.76 bits per heavy atom. The standard InChI is InChI=1S/C14H27N3/c1-6-7-13(3,4)17-11(2)12-8-14(12,5)9-16-10-15/h6,12,16-17H,1-2,7-10,15H2,3-5H3. The minimum atomic E-state index is 0.0453. The largest absolute Gasteiger partial charge is 0.383 e. The van der Waals surface area contributed by atoms with Crippen LogP contribution in [-0.4, -0.2) is 18.8 Å². The van der Waals surface area contributed by atoms with Gasteiger partial charge in [0.1, 0.15) is 0 Å². The number of allylic oxidation sites excluding steroid dienone is 1. The summed E-state index contributed by atoms with van der Waals surface area (Å²) in [6.07, 6.45) is 4.08. The van der Waals surface area contributed by atoms with Gasteiger partial charge in [-0.15, -0.1) is 6.58 Å². The molecule has 1 aliphatic carbocycles. The Labute approximate surface area is 106 Å². The van der Waals surface area contributed by atoms with Crippen LogP contribution in [-0.2, 0) is 0 Å². The number of hydrogen-bond donors (Lipinski definition) is 3. The molecule has 0 saturated heterocycles. The van der Waals surface area contributed by atoms with E-state index < -0.39 is 0 Å². The second-order valence-corrected chi connectivity index (χ2v) is 6.07. The van der Waals surface area contributed by atoms with E-state index in [0.717, 1.165) is 18.7 Å². The maximum atomic E-state index is 5.47. The summed E-state index contributed by atoms with van der Waals surface area (Å²) >= 11 is 0. The lowest BCUT2D eigenvalue weighted by Crippen LogP contribution is -2.39. The number of nitrogens with two attached hydrogens (primary N) is 1. The molecular weight excluding hydrogens is 210 g/mol. The zero-order chi connectivity index (χ0) is 13.1. The SMILES string of the molecule is C=CCC(C)(C)NC(=C)C1CC1(C)CNCN. The molecule has 0 aromatic rings. The van der Waals surface area contributed by atoms with Gasteiger partial charge in [0.2, 0.25) is 0 Å². The van der Waals surface area contributed by atoms with E-state index in [1.807, 2.05) is 6.08 Å². The summed E-state index contributed by atoms with van der Waals surface area (Å²) < 4.78 is 0.